The second-order valence-corrected chi connectivity index (χ2v) is 11.1. The van der Waals surface area contributed by atoms with Gasteiger partial charge in [-0.05, 0) is 75.9 Å². The van der Waals surface area contributed by atoms with Crippen molar-refractivity contribution in [3.63, 3.8) is 0 Å². The number of halogens is 2. The number of rotatable bonds is 6. The third kappa shape index (κ3) is 4.66. The fourth-order valence-corrected chi connectivity index (χ4v) is 5.77. The number of aromatic nitrogens is 1. The van der Waals surface area contributed by atoms with Crippen molar-refractivity contribution in [2.24, 2.45) is 0 Å². The van der Waals surface area contributed by atoms with E-state index in [-0.39, 0.29) is 16.7 Å². The molecule has 176 valence electrons. The molecule has 1 aromatic carbocycles. The van der Waals surface area contributed by atoms with Gasteiger partial charge in [0, 0.05) is 23.5 Å². The Kier molecular flexibility index (Phi) is 6.05. The van der Waals surface area contributed by atoms with Crippen molar-refractivity contribution in [2.75, 3.05) is 4.90 Å². The van der Waals surface area contributed by atoms with E-state index in [4.69, 9.17) is 0 Å². The molecule has 1 aliphatic heterocycles. The second kappa shape index (κ2) is 8.54. The molecule has 0 radical (unpaired) electrons. The van der Waals surface area contributed by atoms with E-state index in [1.165, 1.54) is 24.4 Å². The molecule has 1 saturated carbocycles. The first-order chi connectivity index (χ1) is 15.5. The Morgan fingerprint density at radius 3 is 2.48 bits per heavy atom. The minimum absolute atomic E-state index is 0.000801. The Balaban J connectivity index is 1.72. The zero-order valence-corrected chi connectivity index (χ0v) is 19.4. The zero-order valence-electron chi connectivity index (χ0n) is 18.6. The van der Waals surface area contributed by atoms with Gasteiger partial charge in [-0.15, -0.1) is 0 Å². The van der Waals surface area contributed by atoms with Gasteiger partial charge in [-0.1, -0.05) is 0 Å². The first-order valence-electron chi connectivity index (χ1n) is 10.8. The molecule has 2 unspecified atom stereocenters. The van der Waals surface area contributed by atoms with Crippen LogP contribution < -0.4 is 14.4 Å². The summed E-state index contributed by atoms with van der Waals surface area (Å²) in [6.45, 7) is 2.30. The molecule has 1 N–H and O–H groups in total. The maximum atomic E-state index is 12.7. The van der Waals surface area contributed by atoms with Crippen molar-refractivity contribution in [1.29, 1.82) is 5.26 Å². The Bertz CT molecular complexity index is 1170. The van der Waals surface area contributed by atoms with Crippen molar-refractivity contribution >= 4 is 15.7 Å². The van der Waals surface area contributed by atoms with Crippen LogP contribution in [0.2, 0.25) is 0 Å². The summed E-state index contributed by atoms with van der Waals surface area (Å²) in [5, 5.41) is 10.0. The summed E-state index contributed by atoms with van der Waals surface area (Å²) < 4.78 is 57.9. The minimum Gasteiger partial charge on any atom is -0.435 e. The van der Waals surface area contributed by atoms with E-state index in [0.29, 0.717) is 11.3 Å². The average Bonchev–Trinajstić information content (AvgIpc) is 2.98. The van der Waals surface area contributed by atoms with Gasteiger partial charge in [-0.3, -0.25) is 4.98 Å². The predicted molar refractivity (Wildman–Crippen MR) is 119 cm³/mol. The van der Waals surface area contributed by atoms with Crippen molar-refractivity contribution in [3.8, 4) is 11.8 Å². The molecule has 0 bridgehead atoms. The summed E-state index contributed by atoms with van der Waals surface area (Å²) in [6.07, 6.45) is 4.26. The van der Waals surface area contributed by atoms with Crippen LogP contribution in [0.1, 0.15) is 63.3 Å². The van der Waals surface area contributed by atoms with Crippen LogP contribution in [-0.2, 0) is 10.0 Å². The van der Waals surface area contributed by atoms with Crippen LogP contribution in [0.5, 0.6) is 5.75 Å². The van der Waals surface area contributed by atoms with Gasteiger partial charge in [0.1, 0.15) is 10.6 Å². The highest BCUT2D eigenvalue weighted by molar-refractivity contribution is 7.89. The lowest BCUT2D eigenvalue weighted by Crippen LogP contribution is -2.42. The standard InChI is InChI=1S/C23H26F2N4O3S/c1-23(2,3)28-33(30,31)16-8-9-19(27-13-16)21-18(12-26)17-11-15(32-22(24)25)7-10-20(17)29(21)14-5-4-6-14/h7-11,13-14,18,21-22,28H,4-6H2,1-3H3. The number of hydrogen-bond donors (Lipinski definition) is 1. The molecule has 4 rings (SSSR count). The maximum absolute atomic E-state index is 12.7. The highest BCUT2D eigenvalue weighted by Gasteiger charge is 2.45. The van der Waals surface area contributed by atoms with E-state index in [1.807, 2.05) is 0 Å². The van der Waals surface area contributed by atoms with E-state index in [9.17, 15) is 22.5 Å². The number of nitrogens with one attached hydrogen (secondary N) is 1. The Morgan fingerprint density at radius 1 is 1.24 bits per heavy atom. The number of pyridine rings is 1. The molecule has 33 heavy (non-hydrogen) atoms. The summed E-state index contributed by atoms with van der Waals surface area (Å²) in [5.41, 5.74) is 1.32. The number of ether oxygens (including phenoxy) is 1. The summed E-state index contributed by atoms with van der Waals surface area (Å²) in [7, 11) is -3.75. The number of sulfonamides is 1. The molecule has 2 heterocycles. The first-order valence-corrected chi connectivity index (χ1v) is 12.2. The van der Waals surface area contributed by atoms with Gasteiger partial charge < -0.3 is 9.64 Å². The SMILES string of the molecule is CC(C)(C)NS(=O)(=O)c1ccc(C2C(C#N)c3cc(OC(F)F)ccc3N2C2CCC2)nc1. The largest absolute Gasteiger partial charge is 0.435 e. The van der Waals surface area contributed by atoms with Gasteiger partial charge in [0.15, 0.2) is 0 Å². The Morgan fingerprint density at radius 2 is 1.97 bits per heavy atom. The number of hydrogen-bond acceptors (Lipinski definition) is 6. The Hall–Kier alpha value is -2.77. The molecule has 2 aliphatic rings. The smallest absolute Gasteiger partial charge is 0.387 e. The molecule has 0 amide bonds. The lowest BCUT2D eigenvalue weighted by molar-refractivity contribution is -0.0498. The number of nitriles is 1. The van der Waals surface area contributed by atoms with Crippen LogP contribution in [0.15, 0.2) is 41.4 Å². The molecule has 10 heteroatoms. The summed E-state index contributed by atoms with van der Waals surface area (Å²) in [5.74, 6) is -0.662. The molecule has 1 fully saturated rings. The summed E-state index contributed by atoms with van der Waals surface area (Å²) >= 11 is 0. The molecular formula is C23H26F2N4O3S. The van der Waals surface area contributed by atoms with Gasteiger partial charge >= 0.3 is 6.61 Å². The van der Waals surface area contributed by atoms with Gasteiger partial charge in [-0.25, -0.2) is 13.1 Å². The van der Waals surface area contributed by atoms with Gasteiger partial charge in [0.25, 0.3) is 0 Å². The maximum Gasteiger partial charge on any atom is 0.387 e. The Labute approximate surface area is 192 Å². The zero-order chi connectivity index (χ0) is 24.0. The van der Waals surface area contributed by atoms with Crippen molar-refractivity contribution in [3.05, 3.63) is 47.8 Å². The quantitative estimate of drug-likeness (QED) is 0.661. The van der Waals surface area contributed by atoms with Crippen LogP contribution in [0.4, 0.5) is 14.5 Å². The fourth-order valence-electron chi connectivity index (χ4n) is 4.40. The van der Waals surface area contributed by atoms with Crippen LogP contribution in [0.3, 0.4) is 0 Å². The lowest BCUT2D eigenvalue weighted by atomic mass is 9.88. The van der Waals surface area contributed by atoms with Crippen molar-refractivity contribution < 1.29 is 21.9 Å². The van der Waals surface area contributed by atoms with E-state index in [1.54, 1.807) is 32.9 Å². The number of anilines is 1. The molecule has 7 nitrogen and oxygen atoms in total. The van der Waals surface area contributed by atoms with Gasteiger partial charge in [0.2, 0.25) is 10.0 Å². The second-order valence-electron chi connectivity index (χ2n) is 9.42. The van der Waals surface area contributed by atoms with E-state index < -0.39 is 34.1 Å². The number of fused-ring (bicyclic) bond motifs is 1. The molecule has 1 aliphatic carbocycles. The van der Waals surface area contributed by atoms with Crippen LogP contribution >= 0.6 is 0 Å². The van der Waals surface area contributed by atoms with E-state index in [0.717, 1.165) is 24.9 Å². The lowest BCUT2D eigenvalue weighted by Gasteiger charge is -2.41. The molecule has 0 spiro atoms. The summed E-state index contributed by atoms with van der Waals surface area (Å²) in [4.78, 5) is 6.60. The molecule has 2 aromatic rings. The topological polar surface area (TPSA) is 95.3 Å². The number of benzene rings is 1. The van der Waals surface area contributed by atoms with Crippen molar-refractivity contribution in [1.82, 2.24) is 9.71 Å². The fraction of sp³-hybridized carbons (Fsp3) is 0.478. The van der Waals surface area contributed by atoms with Crippen LogP contribution in [0, 0.1) is 11.3 Å². The van der Waals surface area contributed by atoms with E-state index >= 15 is 0 Å². The van der Waals surface area contributed by atoms with Gasteiger partial charge in [-0.2, -0.15) is 14.0 Å². The van der Waals surface area contributed by atoms with Crippen LogP contribution in [0.25, 0.3) is 0 Å². The molecule has 2 atom stereocenters. The number of nitrogens with zero attached hydrogens (tertiary/aromatic N) is 3. The number of alkyl halides is 2. The first kappa shape index (κ1) is 23.4. The highest BCUT2D eigenvalue weighted by Crippen LogP contribution is 2.52. The summed E-state index contributed by atoms with van der Waals surface area (Å²) in [6, 6.07) is 9.84. The predicted octanol–water partition coefficient (Wildman–Crippen LogP) is 4.48. The molecule has 0 saturated heterocycles. The van der Waals surface area contributed by atoms with Crippen molar-refractivity contribution in [2.45, 2.75) is 75.1 Å². The monoisotopic (exact) mass is 476 g/mol. The third-order valence-electron chi connectivity index (χ3n) is 5.87. The normalized spacial score (nSPS) is 20.9. The third-order valence-corrected chi connectivity index (χ3v) is 7.62. The van der Waals surface area contributed by atoms with E-state index in [2.05, 4.69) is 25.4 Å². The molecule has 1 aromatic heterocycles. The van der Waals surface area contributed by atoms with Gasteiger partial charge in [0.05, 0.1) is 23.7 Å². The molecular weight excluding hydrogens is 450 g/mol. The highest BCUT2D eigenvalue weighted by atomic mass is 32.2. The van der Waals surface area contributed by atoms with Crippen LogP contribution in [-0.4, -0.2) is 31.6 Å². The minimum atomic E-state index is -3.75. The average molecular weight is 477 g/mol.